The van der Waals surface area contributed by atoms with E-state index in [4.69, 9.17) is 0 Å². The Balaban J connectivity index is 1.51. The van der Waals surface area contributed by atoms with Gasteiger partial charge < -0.3 is 5.32 Å². The van der Waals surface area contributed by atoms with Crippen LogP contribution in [0.15, 0.2) is 52.4 Å². The van der Waals surface area contributed by atoms with Crippen molar-refractivity contribution in [2.45, 2.75) is 43.4 Å². The predicted octanol–water partition coefficient (Wildman–Crippen LogP) is 3.29. The summed E-state index contributed by atoms with van der Waals surface area (Å²) in [5.41, 5.74) is 3.58. The van der Waals surface area contributed by atoms with Crippen LogP contribution in [0.25, 0.3) is 0 Å². The van der Waals surface area contributed by atoms with Crippen molar-refractivity contribution < 1.29 is 13.2 Å². The number of hydrogen-bond donors (Lipinski definition) is 2. The van der Waals surface area contributed by atoms with E-state index in [0.29, 0.717) is 30.1 Å². The number of carbonyl (C=O) groups excluding carboxylic acids is 1. The molecule has 146 valence electrons. The van der Waals surface area contributed by atoms with Gasteiger partial charge in [0.25, 0.3) is 15.9 Å². The zero-order valence-electron chi connectivity index (χ0n) is 15.6. The molecular formula is C21H23N3O3S. The molecule has 1 aliphatic heterocycles. The average molecular weight is 398 g/mol. The van der Waals surface area contributed by atoms with E-state index in [0.717, 1.165) is 25.7 Å². The Labute approximate surface area is 165 Å². The van der Waals surface area contributed by atoms with Gasteiger partial charge in [-0.3, -0.25) is 14.5 Å². The Hall–Kier alpha value is -2.67. The summed E-state index contributed by atoms with van der Waals surface area (Å²) in [5, 5.41) is 2.81. The minimum Gasteiger partial charge on any atom is -0.322 e. The van der Waals surface area contributed by atoms with Crippen LogP contribution in [0.5, 0.6) is 0 Å². The molecule has 0 saturated heterocycles. The lowest BCUT2D eigenvalue weighted by molar-refractivity contribution is 0.102. The summed E-state index contributed by atoms with van der Waals surface area (Å²) in [6.45, 7) is 0.648. The Kier molecular flexibility index (Phi) is 5.17. The van der Waals surface area contributed by atoms with Crippen LogP contribution in [0.1, 0.15) is 47.2 Å². The molecule has 1 amide bonds. The van der Waals surface area contributed by atoms with Crippen molar-refractivity contribution in [1.82, 2.24) is 4.72 Å². The van der Waals surface area contributed by atoms with Crippen LogP contribution in [0.4, 0.5) is 5.69 Å². The second kappa shape index (κ2) is 7.75. The van der Waals surface area contributed by atoms with Crippen molar-refractivity contribution in [1.29, 1.82) is 0 Å². The van der Waals surface area contributed by atoms with Crippen molar-refractivity contribution in [2.75, 3.05) is 11.9 Å². The fourth-order valence-corrected chi connectivity index (χ4v) is 4.79. The lowest BCUT2D eigenvalue weighted by Gasteiger charge is -2.16. The number of rotatable bonds is 4. The van der Waals surface area contributed by atoms with Crippen LogP contribution < -0.4 is 10.0 Å². The molecular weight excluding hydrogens is 374 g/mol. The number of sulfonamides is 1. The first-order chi connectivity index (χ1) is 13.5. The average Bonchev–Trinajstić information content (AvgIpc) is 3.20. The predicted molar refractivity (Wildman–Crippen MR) is 109 cm³/mol. The van der Waals surface area contributed by atoms with Gasteiger partial charge in [0, 0.05) is 24.2 Å². The third-order valence-corrected chi connectivity index (χ3v) is 6.52. The molecule has 0 spiro atoms. The number of amidine groups is 1. The molecule has 2 aromatic rings. The summed E-state index contributed by atoms with van der Waals surface area (Å²) in [6, 6.07) is 12.1. The summed E-state index contributed by atoms with van der Waals surface area (Å²) in [4.78, 5) is 16.9. The van der Waals surface area contributed by atoms with Crippen LogP contribution in [0.3, 0.4) is 0 Å². The lowest BCUT2D eigenvalue weighted by Crippen LogP contribution is -2.29. The fraction of sp³-hybridized carbons (Fsp3) is 0.333. The minimum absolute atomic E-state index is 0.102. The summed E-state index contributed by atoms with van der Waals surface area (Å²) in [5.74, 6) is 0.250. The minimum atomic E-state index is -3.71. The molecule has 6 nitrogen and oxygen atoms in total. The third-order valence-electron chi connectivity index (χ3n) is 5.14. The van der Waals surface area contributed by atoms with Gasteiger partial charge in [-0.25, -0.2) is 8.42 Å². The van der Waals surface area contributed by atoms with E-state index < -0.39 is 10.0 Å². The van der Waals surface area contributed by atoms with Gasteiger partial charge in [0.15, 0.2) is 0 Å². The monoisotopic (exact) mass is 397 g/mol. The van der Waals surface area contributed by atoms with E-state index in [1.807, 2.05) is 18.2 Å². The normalized spacial score (nSPS) is 16.2. The van der Waals surface area contributed by atoms with Gasteiger partial charge in [0.1, 0.15) is 5.84 Å². The smallest absolute Gasteiger partial charge is 0.262 e. The number of aryl methyl sites for hydroxylation is 2. The Bertz CT molecular complexity index is 1040. The van der Waals surface area contributed by atoms with E-state index in [9.17, 15) is 13.2 Å². The van der Waals surface area contributed by atoms with Crippen LogP contribution in [0, 0.1) is 0 Å². The molecule has 0 saturated carbocycles. The van der Waals surface area contributed by atoms with E-state index in [1.165, 1.54) is 29.7 Å². The van der Waals surface area contributed by atoms with E-state index in [2.05, 4.69) is 15.0 Å². The fourth-order valence-electron chi connectivity index (χ4n) is 3.66. The van der Waals surface area contributed by atoms with E-state index in [-0.39, 0.29) is 10.8 Å². The highest BCUT2D eigenvalue weighted by Gasteiger charge is 2.19. The SMILES string of the molecule is O=C(Nc1cccc(S(=O)(=O)NC2=NCCC2)c1)c1ccc2c(c1)CCCC2. The number of fused-ring (bicyclic) bond motifs is 1. The number of amides is 1. The molecule has 28 heavy (non-hydrogen) atoms. The number of anilines is 1. The molecule has 4 rings (SSSR count). The Morgan fingerprint density at radius 1 is 0.929 bits per heavy atom. The van der Waals surface area contributed by atoms with Gasteiger partial charge in [-0.15, -0.1) is 0 Å². The maximum absolute atomic E-state index is 12.6. The standard InChI is InChI=1S/C21H23N3O3S/c25-21(17-11-10-15-5-1-2-6-16(15)13-17)23-18-7-3-8-19(14-18)28(26,27)24-20-9-4-12-22-20/h3,7-8,10-11,13-14H,1-2,4-6,9,12H2,(H,22,24)(H,23,25). The van der Waals surface area contributed by atoms with Crippen LogP contribution in [-0.4, -0.2) is 26.7 Å². The summed E-state index contributed by atoms with van der Waals surface area (Å²) < 4.78 is 27.6. The summed E-state index contributed by atoms with van der Waals surface area (Å²) in [6.07, 6.45) is 5.90. The number of carbonyl (C=O) groups is 1. The zero-order valence-corrected chi connectivity index (χ0v) is 16.4. The maximum atomic E-state index is 12.6. The maximum Gasteiger partial charge on any atom is 0.262 e. The number of nitrogens with one attached hydrogen (secondary N) is 2. The highest BCUT2D eigenvalue weighted by molar-refractivity contribution is 7.90. The van der Waals surface area contributed by atoms with Gasteiger partial charge >= 0.3 is 0 Å². The highest BCUT2D eigenvalue weighted by atomic mass is 32.2. The molecule has 0 fully saturated rings. The first-order valence-electron chi connectivity index (χ1n) is 9.61. The topological polar surface area (TPSA) is 87.6 Å². The second-order valence-corrected chi connectivity index (χ2v) is 8.89. The van der Waals surface area contributed by atoms with Crippen LogP contribution in [-0.2, 0) is 22.9 Å². The molecule has 2 aromatic carbocycles. The van der Waals surface area contributed by atoms with E-state index >= 15 is 0 Å². The number of benzene rings is 2. The molecule has 1 aliphatic carbocycles. The molecule has 2 aliphatic rings. The highest BCUT2D eigenvalue weighted by Crippen LogP contribution is 2.23. The Morgan fingerprint density at radius 2 is 1.75 bits per heavy atom. The van der Waals surface area contributed by atoms with Crippen molar-refractivity contribution in [3.63, 3.8) is 0 Å². The van der Waals surface area contributed by atoms with Gasteiger partial charge in [-0.1, -0.05) is 12.1 Å². The molecule has 2 N–H and O–H groups in total. The lowest BCUT2D eigenvalue weighted by atomic mass is 9.90. The van der Waals surface area contributed by atoms with Crippen molar-refractivity contribution in [2.24, 2.45) is 4.99 Å². The van der Waals surface area contributed by atoms with Gasteiger partial charge in [0.2, 0.25) is 0 Å². The van der Waals surface area contributed by atoms with Crippen molar-refractivity contribution in [3.8, 4) is 0 Å². The Morgan fingerprint density at radius 3 is 2.54 bits per heavy atom. The first-order valence-corrected chi connectivity index (χ1v) is 11.1. The van der Waals surface area contributed by atoms with Crippen molar-refractivity contribution in [3.05, 3.63) is 59.2 Å². The number of aliphatic imine (C=N–C) groups is 1. The molecule has 1 heterocycles. The summed E-state index contributed by atoms with van der Waals surface area (Å²) >= 11 is 0. The first kappa shape index (κ1) is 18.7. The largest absolute Gasteiger partial charge is 0.322 e. The molecule has 0 aromatic heterocycles. The van der Waals surface area contributed by atoms with Crippen LogP contribution >= 0.6 is 0 Å². The third kappa shape index (κ3) is 4.09. The molecule has 7 heteroatoms. The van der Waals surface area contributed by atoms with Gasteiger partial charge in [-0.05, 0) is 73.6 Å². The molecule has 0 atom stereocenters. The second-order valence-electron chi connectivity index (χ2n) is 7.21. The number of hydrogen-bond acceptors (Lipinski definition) is 4. The van der Waals surface area contributed by atoms with E-state index in [1.54, 1.807) is 12.1 Å². The molecule has 0 unspecified atom stereocenters. The zero-order chi connectivity index (χ0) is 19.6. The molecule has 0 radical (unpaired) electrons. The van der Waals surface area contributed by atoms with Crippen LogP contribution in [0.2, 0.25) is 0 Å². The summed E-state index contributed by atoms with van der Waals surface area (Å²) in [7, 11) is -3.71. The number of nitrogens with zero attached hydrogens (tertiary/aromatic N) is 1. The quantitative estimate of drug-likeness (QED) is 0.830. The van der Waals surface area contributed by atoms with Crippen molar-refractivity contribution >= 4 is 27.5 Å². The van der Waals surface area contributed by atoms with Gasteiger partial charge in [-0.2, -0.15) is 0 Å². The van der Waals surface area contributed by atoms with Gasteiger partial charge in [0.05, 0.1) is 4.90 Å². The molecule has 0 bridgehead atoms.